The van der Waals surface area contributed by atoms with Gasteiger partial charge in [0.15, 0.2) is 0 Å². The van der Waals surface area contributed by atoms with Crippen molar-refractivity contribution in [1.29, 1.82) is 0 Å². The molecule has 0 spiro atoms. The highest BCUT2D eigenvalue weighted by atomic mass is 16.5. The molecule has 6 nitrogen and oxygen atoms in total. The number of carbonyl (C=O) groups excluding carboxylic acids is 2. The molecule has 3 N–H and O–H groups in total. The molecule has 0 atom stereocenters. The second kappa shape index (κ2) is 7.38. The van der Waals surface area contributed by atoms with E-state index in [-0.39, 0.29) is 5.75 Å². The van der Waals surface area contributed by atoms with Crippen molar-refractivity contribution < 1.29 is 19.4 Å². The Labute approximate surface area is 111 Å². The lowest BCUT2D eigenvalue weighted by atomic mass is 10.2. The lowest BCUT2D eigenvalue weighted by Gasteiger charge is -2.09. The molecule has 0 aliphatic rings. The Balaban J connectivity index is 2.47. The van der Waals surface area contributed by atoms with Crippen LogP contribution >= 0.6 is 0 Å². The molecule has 0 aromatic heterocycles. The largest absolute Gasteiger partial charge is 0.508 e. The van der Waals surface area contributed by atoms with Crippen LogP contribution in [0.5, 0.6) is 5.75 Å². The van der Waals surface area contributed by atoms with Crippen molar-refractivity contribution in [1.82, 2.24) is 5.32 Å². The summed E-state index contributed by atoms with van der Waals surface area (Å²) in [5.74, 6) is -1.31. The molecule has 1 rings (SSSR count). The summed E-state index contributed by atoms with van der Waals surface area (Å²) in [4.78, 5) is 23.1. The number of phenols is 1. The van der Waals surface area contributed by atoms with Crippen molar-refractivity contribution in [2.45, 2.75) is 13.3 Å². The number of aromatic hydroxyl groups is 1. The van der Waals surface area contributed by atoms with Crippen molar-refractivity contribution in [2.75, 3.05) is 25.6 Å². The number of ether oxygens (including phenoxy) is 1. The third kappa shape index (κ3) is 4.97. The molecule has 0 bridgehead atoms. The summed E-state index contributed by atoms with van der Waals surface area (Å²) >= 11 is 0. The average Bonchev–Trinajstić information content (AvgIpc) is 2.37. The molecule has 0 radical (unpaired) electrons. The summed E-state index contributed by atoms with van der Waals surface area (Å²) in [7, 11) is 1.57. The summed E-state index contributed by atoms with van der Waals surface area (Å²) in [5, 5.41) is 14.2. The molecule has 104 valence electrons. The molecular formula is C13H18N2O4. The van der Waals surface area contributed by atoms with Crippen molar-refractivity contribution in [3.63, 3.8) is 0 Å². The van der Waals surface area contributed by atoms with Crippen LogP contribution in [0, 0.1) is 6.92 Å². The highest BCUT2D eigenvalue weighted by Crippen LogP contribution is 2.19. The van der Waals surface area contributed by atoms with Gasteiger partial charge in [0.2, 0.25) is 0 Å². The average molecular weight is 266 g/mol. The number of phenolic OH excluding ortho intramolecular Hbond substituents is 1. The lowest BCUT2D eigenvalue weighted by Crippen LogP contribution is -2.36. The SMILES string of the molecule is COCCCNC(=O)C(=O)Nc1ccc(O)cc1C. The summed E-state index contributed by atoms with van der Waals surface area (Å²) in [6.45, 7) is 2.64. The van der Waals surface area contributed by atoms with Crippen LogP contribution in [0.25, 0.3) is 0 Å². The van der Waals surface area contributed by atoms with E-state index in [1.54, 1.807) is 20.1 Å². The number of amides is 2. The highest BCUT2D eigenvalue weighted by Gasteiger charge is 2.13. The van der Waals surface area contributed by atoms with Gasteiger partial charge in [0.05, 0.1) is 0 Å². The Morgan fingerprint density at radius 1 is 1.32 bits per heavy atom. The maximum absolute atomic E-state index is 11.6. The van der Waals surface area contributed by atoms with Crippen LogP contribution in [0.15, 0.2) is 18.2 Å². The van der Waals surface area contributed by atoms with Crippen LogP contribution in [-0.2, 0) is 14.3 Å². The number of hydrogen-bond acceptors (Lipinski definition) is 4. The Morgan fingerprint density at radius 3 is 2.68 bits per heavy atom. The van der Waals surface area contributed by atoms with Gasteiger partial charge in [-0.2, -0.15) is 0 Å². The van der Waals surface area contributed by atoms with Crippen LogP contribution in [0.1, 0.15) is 12.0 Å². The van der Waals surface area contributed by atoms with E-state index in [2.05, 4.69) is 10.6 Å². The van der Waals surface area contributed by atoms with Crippen LogP contribution in [0.4, 0.5) is 5.69 Å². The van der Waals surface area contributed by atoms with E-state index in [0.29, 0.717) is 30.8 Å². The predicted octanol–water partition coefficient (Wildman–Crippen LogP) is 0.792. The molecule has 0 fully saturated rings. The van der Waals surface area contributed by atoms with Crippen LogP contribution in [0.2, 0.25) is 0 Å². The third-order valence-corrected chi connectivity index (χ3v) is 2.48. The van der Waals surface area contributed by atoms with Gasteiger partial charge in [-0.3, -0.25) is 9.59 Å². The fourth-order valence-electron chi connectivity index (χ4n) is 1.47. The summed E-state index contributed by atoms with van der Waals surface area (Å²) < 4.78 is 4.83. The molecule has 1 aromatic carbocycles. The van der Waals surface area contributed by atoms with Crippen molar-refractivity contribution >= 4 is 17.5 Å². The van der Waals surface area contributed by atoms with Crippen molar-refractivity contribution in [3.05, 3.63) is 23.8 Å². The van der Waals surface area contributed by atoms with E-state index >= 15 is 0 Å². The summed E-state index contributed by atoms with van der Waals surface area (Å²) in [6.07, 6.45) is 0.647. The molecular weight excluding hydrogens is 248 g/mol. The van der Waals surface area contributed by atoms with Crippen LogP contribution in [0.3, 0.4) is 0 Å². The fraction of sp³-hybridized carbons (Fsp3) is 0.385. The zero-order valence-corrected chi connectivity index (χ0v) is 11.0. The third-order valence-electron chi connectivity index (χ3n) is 2.48. The minimum Gasteiger partial charge on any atom is -0.508 e. The number of anilines is 1. The number of rotatable bonds is 5. The van der Waals surface area contributed by atoms with Gasteiger partial charge in [-0.25, -0.2) is 0 Å². The summed E-state index contributed by atoms with van der Waals surface area (Å²) in [6, 6.07) is 4.49. The van der Waals surface area contributed by atoms with Gasteiger partial charge in [0, 0.05) is 25.9 Å². The number of aryl methyl sites for hydroxylation is 1. The summed E-state index contributed by atoms with van der Waals surface area (Å²) in [5.41, 5.74) is 1.18. The van der Waals surface area contributed by atoms with E-state index in [1.807, 2.05) is 0 Å². The Bertz CT molecular complexity index is 460. The number of hydrogen-bond donors (Lipinski definition) is 3. The molecule has 1 aromatic rings. The predicted molar refractivity (Wildman–Crippen MR) is 71.0 cm³/mol. The van der Waals surface area contributed by atoms with Crippen molar-refractivity contribution in [2.24, 2.45) is 0 Å². The quantitative estimate of drug-likeness (QED) is 0.418. The minimum atomic E-state index is -0.730. The first kappa shape index (κ1) is 15.0. The minimum absolute atomic E-state index is 0.111. The second-order valence-corrected chi connectivity index (χ2v) is 4.06. The van der Waals surface area contributed by atoms with Gasteiger partial charge in [-0.1, -0.05) is 0 Å². The molecule has 0 unspecified atom stereocenters. The maximum atomic E-state index is 11.6. The van der Waals surface area contributed by atoms with Crippen molar-refractivity contribution in [3.8, 4) is 5.75 Å². The molecule has 0 saturated heterocycles. The Hall–Kier alpha value is -2.08. The van der Waals surface area contributed by atoms with E-state index in [0.717, 1.165) is 0 Å². The molecule has 2 amide bonds. The zero-order valence-electron chi connectivity index (χ0n) is 11.0. The van der Waals surface area contributed by atoms with Gasteiger partial charge in [0.1, 0.15) is 5.75 Å². The van der Waals surface area contributed by atoms with Gasteiger partial charge in [-0.15, -0.1) is 0 Å². The first-order valence-corrected chi connectivity index (χ1v) is 5.92. The van der Waals surface area contributed by atoms with Gasteiger partial charge >= 0.3 is 11.8 Å². The van der Waals surface area contributed by atoms with E-state index in [9.17, 15) is 14.7 Å². The van der Waals surface area contributed by atoms with Gasteiger partial charge in [0.25, 0.3) is 0 Å². The van der Waals surface area contributed by atoms with E-state index in [1.165, 1.54) is 12.1 Å². The normalized spacial score (nSPS) is 10.0. The first-order valence-electron chi connectivity index (χ1n) is 5.92. The molecule has 0 heterocycles. The molecule has 19 heavy (non-hydrogen) atoms. The standard InChI is InChI=1S/C13H18N2O4/c1-9-8-10(16)4-5-11(9)15-13(18)12(17)14-6-3-7-19-2/h4-5,8,16H,3,6-7H2,1-2H3,(H,14,17)(H,15,18). The van der Waals surface area contributed by atoms with E-state index < -0.39 is 11.8 Å². The van der Waals surface area contributed by atoms with E-state index in [4.69, 9.17) is 4.74 Å². The topological polar surface area (TPSA) is 87.7 Å². The van der Waals surface area contributed by atoms with Crippen LogP contribution < -0.4 is 10.6 Å². The smallest absolute Gasteiger partial charge is 0.313 e. The van der Waals surface area contributed by atoms with Gasteiger partial charge in [-0.05, 0) is 37.1 Å². The molecule has 6 heteroatoms. The molecule has 0 aliphatic heterocycles. The zero-order chi connectivity index (χ0) is 14.3. The molecule has 0 saturated carbocycles. The number of carbonyl (C=O) groups is 2. The Morgan fingerprint density at radius 2 is 2.05 bits per heavy atom. The fourth-order valence-corrected chi connectivity index (χ4v) is 1.47. The molecule has 0 aliphatic carbocycles. The van der Waals surface area contributed by atoms with Crippen LogP contribution in [-0.4, -0.2) is 37.2 Å². The monoisotopic (exact) mass is 266 g/mol. The number of methoxy groups -OCH3 is 1. The second-order valence-electron chi connectivity index (χ2n) is 4.06. The lowest BCUT2D eigenvalue weighted by molar-refractivity contribution is -0.136. The number of benzene rings is 1. The first-order chi connectivity index (χ1) is 9.04. The highest BCUT2D eigenvalue weighted by molar-refractivity contribution is 6.39. The number of nitrogens with one attached hydrogen (secondary N) is 2. The van der Waals surface area contributed by atoms with Gasteiger partial charge < -0.3 is 20.5 Å². The maximum Gasteiger partial charge on any atom is 0.313 e. The Kier molecular flexibility index (Phi) is 5.81.